The maximum absolute atomic E-state index is 11.8. The highest BCUT2D eigenvalue weighted by Gasteiger charge is 2.41. The normalized spacial score (nSPS) is 25.8. The summed E-state index contributed by atoms with van der Waals surface area (Å²) in [4.78, 5) is 11.8. The zero-order valence-electron chi connectivity index (χ0n) is 9.80. The maximum Gasteiger partial charge on any atom is 0.239 e. The van der Waals surface area contributed by atoms with Crippen LogP contribution in [0.25, 0.3) is 0 Å². The zero-order chi connectivity index (χ0) is 11.7. The Morgan fingerprint density at radius 2 is 1.82 bits per heavy atom. The van der Waals surface area contributed by atoms with E-state index in [0.29, 0.717) is 6.42 Å². The quantitative estimate of drug-likeness (QED) is 0.764. The number of hydrazine groups is 1. The topological polar surface area (TPSA) is 35.6 Å². The fraction of sp³-hybridized carbons (Fsp3) is 0.462. The molecule has 2 aliphatic heterocycles. The van der Waals surface area contributed by atoms with E-state index in [2.05, 4.69) is 22.5 Å². The molecule has 3 rings (SSSR count). The minimum absolute atomic E-state index is 0.251. The zero-order valence-corrected chi connectivity index (χ0v) is 9.80. The smallest absolute Gasteiger partial charge is 0.239 e. The Morgan fingerprint density at radius 3 is 2.47 bits per heavy atom. The van der Waals surface area contributed by atoms with Crippen molar-refractivity contribution in [2.75, 3.05) is 26.2 Å². The summed E-state index contributed by atoms with van der Waals surface area (Å²) in [5, 5.41) is 7.43. The van der Waals surface area contributed by atoms with E-state index < -0.39 is 0 Å². The largest absolute Gasteiger partial charge is 0.314 e. The van der Waals surface area contributed by atoms with Gasteiger partial charge in [-0.25, -0.2) is 5.01 Å². The lowest BCUT2D eigenvalue weighted by Gasteiger charge is -2.48. The van der Waals surface area contributed by atoms with Crippen molar-refractivity contribution >= 4 is 5.91 Å². The molecule has 0 spiro atoms. The third-order valence-corrected chi connectivity index (χ3v) is 3.50. The standard InChI is InChI=1S/C13H17N3O/c17-13-10-12(11-4-2-1-3-5-11)16(13)15-8-6-14-7-9-15/h1-5,12,14H,6-10H2/t12-/m0/s1. The van der Waals surface area contributed by atoms with Crippen LogP contribution >= 0.6 is 0 Å². The number of rotatable bonds is 2. The first-order chi connectivity index (χ1) is 8.36. The van der Waals surface area contributed by atoms with E-state index in [0.717, 1.165) is 26.2 Å². The van der Waals surface area contributed by atoms with Gasteiger partial charge in [-0.15, -0.1) is 0 Å². The lowest BCUT2D eigenvalue weighted by Crippen LogP contribution is -2.60. The number of nitrogens with one attached hydrogen (secondary N) is 1. The Hall–Kier alpha value is -1.39. The van der Waals surface area contributed by atoms with E-state index in [1.807, 2.05) is 23.2 Å². The van der Waals surface area contributed by atoms with Crippen LogP contribution in [0, 0.1) is 0 Å². The Labute approximate surface area is 101 Å². The number of benzene rings is 1. The average Bonchev–Trinajstić information content (AvgIpc) is 2.38. The molecule has 4 heteroatoms. The van der Waals surface area contributed by atoms with Crippen LogP contribution in [0.5, 0.6) is 0 Å². The van der Waals surface area contributed by atoms with Gasteiger partial charge in [0.05, 0.1) is 12.5 Å². The number of nitrogens with zero attached hydrogens (tertiary/aromatic N) is 2. The minimum Gasteiger partial charge on any atom is -0.314 e. The number of amides is 1. The van der Waals surface area contributed by atoms with E-state index in [1.165, 1.54) is 5.56 Å². The van der Waals surface area contributed by atoms with Crippen molar-refractivity contribution in [2.24, 2.45) is 0 Å². The molecule has 0 unspecified atom stereocenters. The SMILES string of the molecule is O=C1C[C@@H](c2ccccc2)N1N1CCNCC1. The molecule has 0 radical (unpaired) electrons. The van der Waals surface area contributed by atoms with E-state index in [9.17, 15) is 4.79 Å². The van der Waals surface area contributed by atoms with Gasteiger partial charge in [0.2, 0.25) is 5.91 Å². The molecular weight excluding hydrogens is 214 g/mol. The molecule has 1 aromatic carbocycles. The second-order valence-corrected chi connectivity index (χ2v) is 4.57. The lowest BCUT2D eigenvalue weighted by atomic mass is 9.96. The van der Waals surface area contributed by atoms with E-state index in [1.54, 1.807) is 0 Å². The summed E-state index contributed by atoms with van der Waals surface area (Å²) in [7, 11) is 0. The molecule has 0 saturated carbocycles. The van der Waals surface area contributed by atoms with Gasteiger partial charge in [-0.05, 0) is 5.56 Å². The van der Waals surface area contributed by atoms with Crippen LogP contribution in [0.4, 0.5) is 0 Å². The number of β-lactam (4-membered cyclic amide) rings is 1. The molecule has 0 aromatic heterocycles. The van der Waals surface area contributed by atoms with Gasteiger partial charge in [0.25, 0.3) is 0 Å². The molecule has 1 amide bonds. The molecule has 4 nitrogen and oxygen atoms in total. The number of carbonyl (C=O) groups is 1. The molecule has 0 aliphatic carbocycles. The first-order valence-corrected chi connectivity index (χ1v) is 6.19. The summed E-state index contributed by atoms with van der Waals surface area (Å²) < 4.78 is 0. The van der Waals surface area contributed by atoms with Crippen molar-refractivity contribution in [3.63, 3.8) is 0 Å². The number of carbonyl (C=O) groups excluding carboxylic acids is 1. The van der Waals surface area contributed by atoms with Gasteiger partial charge in [-0.2, -0.15) is 0 Å². The van der Waals surface area contributed by atoms with Crippen LogP contribution in [-0.2, 0) is 4.79 Å². The molecule has 0 bridgehead atoms. The molecule has 1 aromatic rings. The number of piperazine rings is 1. The van der Waals surface area contributed by atoms with Gasteiger partial charge in [-0.3, -0.25) is 9.80 Å². The average molecular weight is 231 g/mol. The first-order valence-electron chi connectivity index (χ1n) is 6.19. The Bertz CT molecular complexity index is 400. The highest BCUT2D eigenvalue weighted by atomic mass is 16.2. The van der Waals surface area contributed by atoms with Crippen LogP contribution < -0.4 is 5.32 Å². The summed E-state index contributed by atoms with van der Waals surface area (Å²) in [6.07, 6.45) is 0.647. The van der Waals surface area contributed by atoms with Crippen molar-refractivity contribution in [2.45, 2.75) is 12.5 Å². The molecule has 2 fully saturated rings. The van der Waals surface area contributed by atoms with Gasteiger partial charge in [0.15, 0.2) is 0 Å². The highest BCUT2D eigenvalue weighted by molar-refractivity contribution is 5.83. The third kappa shape index (κ3) is 1.94. The molecule has 2 heterocycles. The van der Waals surface area contributed by atoms with Crippen molar-refractivity contribution in [3.05, 3.63) is 35.9 Å². The van der Waals surface area contributed by atoms with Gasteiger partial charge >= 0.3 is 0 Å². The van der Waals surface area contributed by atoms with Crippen molar-refractivity contribution in [3.8, 4) is 0 Å². The second kappa shape index (κ2) is 4.47. The molecule has 90 valence electrons. The van der Waals surface area contributed by atoms with Crippen LogP contribution in [0.2, 0.25) is 0 Å². The van der Waals surface area contributed by atoms with Crippen LogP contribution in [-0.4, -0.2) is 42.1 Å². The fourth-order valence-corrected chi connectivity index (χ4v) is 2.56. The van der Waals surface area contributed by atoms with Crippen LogP contribution in [0.1, 0.15) is 18.0 Å². The summed E-state index contributed by atoms with van der Waals surface area (Å²) in [5.74, 6) is 0.251. The Balaban J connectivity index is 1.76. The summed E-state index contributed by atoms with van der Waals surface area (Å²) in [6.45, 7) is 3.78. The molecule has 2 aliphatic rings. The van der Waals surface area contributed by atoms with E-state index >= 15 is 0 Å². The number of hydrogen-bond donors (Lipinski definition) is 1. The monoisotopic (exact) mass is 231 g/mol. The maximum atomic E-state index is 11.8. The molecular formula is C13H17N3O. The molecule has 1 atom stereocenters. The fourth-order valence-electron chi connectivity index (χ4n) is 2.56. The Morgan fingerprint density at radius 1 is 1.12 bits per heavy atom. The second-order valence-electron chi connectivity index (χ2n) is 4.57. The molecule has 2 saturated heterocycles. The summed E-state index contributed by atoms with van der Waals surface area (Å²) >= 11 is 0. The lowest BCUT2D eigenvalue weighted by molar-refractivity contribution is -0.179. The van der Waals surface area contributed by atoms with Gasteiger partial charge in [0, 0.05) is 26.2 Å². The van der Waals surface area contributed by atoms with Crippen molar-refractivity contribution in [1.82, 2.24) is 15.3 Å². The van der Waals surface area contributed by atoms with Gasteiger partial charge in [0.1, 0.15) is 0 Å². The number of hydrogen-bond acceptors (Lipinski definition) is 3. The van der Waals surface area contributed by atoms with E-state index in [-0.39, 0.29) is 11.9 Å². The van der Waals surface area contributed by atoms with Crippen molar-refractivity contribution in [1.29, 1.82) is 0 Å². The van der Waals surface area contributed by atoms with Crippen LogP contribution in [0.15, 0.2) is 30.3 Å². The minimum atomic E-state index is 0.251. The Kier molecular flexibility index (Phi) is 2.82. The van der Waals surface area contributed by atoms with E-state index in [4.69, 9.17) is 0 Å². The molecule has 1 N–H and O–H groups in total. The molecule has 17 heavy (non-hydrogen) atoms. The first kappa shape index (κ1) is 10.7. The predicted molar refractivity (Wildman–Crippen MR) is 65.1 cm³/mol. The van der Waals surface area contributed by atoms with Gasteiger partial charge < -0.3 is 5.32 Å². The van der Waals surface area contributed by atoms with Crippen LogP contribution in [0.3, 0.4) is 0 Å². The van der Waals surface area contributed by atoms with Crippen molar-refractivity contribution < 1.29 is 4.79 Å². The van der Waals surface area contributed by atoms with Gasteiger partial charge in [-0.1, -0.05) is 30.3 Å². The highest BCUT2D eigenvalue weighted by Crippen LogP contribution is 2.35. The third-order valence-electron chi connectivity index (χ3n) is 3.50. The summed E-state index contributed by atoms with van der Waals surface area (Å²) in [6, 6.07) is 10.5. The summed E-state index contributed by atoms with van der Waals surface area (Å²) in [5.41, 5.74) is 1.24. The predicted octanol–water partition coefficient (Wildman–Crippen LogP) is 0.780.